The maximum atomic E-state index is 12.8. The van der Waals surface area contributed by atoms with Crippen molar-refractivity contribution in [2.24, 2.45) is 5.92 Å². The van der Waals surface area contributed by atoms with Crippen LogP contribution in [-0.4, -0.2) is 48.3 Å². The fourth-order valence-corrected chi connectivity index (χ4v) is 3.13. The number of likely N-dealkylation sites (tertiary alicyclic amines) is 1. The molecule has 0 unspecified atom stereocenters. The summed E-state index contributed by atoms with van der Waals surface area (Å²) >= 11 is 0. The predicted octanol–water partition coefficient (Wildman–Crippen LogP) is 2.60. The highest BCUT2D eigenvalue weighted by molar-refractivity contribution is 5.97. The molecule has 2 rings (SSSR count). The van der Waals surface area contributed by atoms with Gasteiger partial charge in [-0.25, -0.2) is 0 Å². The molecule has 6 nitrogen and oxygen atoms in total. The molecule has 0 spiro atoms. The molecule has 0 saturated carbocycles. The van der Waals surface area contributed by atoms with Gasteiger partial charge in [0.1, 0.15) is 0 Å². The second-order valence-corrected chi connectivity index (χ2v) is 7.95. The number of rotatable bonds is 4. The van der Waals surface area contributed by atoms with E-state index in [1.165, 1.54) is 6.08 Å². The lowest BCUT2D eigenvalue weighted by Crippen LogP contribution is -2.43. The molecule has 0 radical (unpaired) electrons. The first-order valence-electron chi connectivity index (χ1n) is 9.24. The number of benzene rings is 1. The fourth-order valence-electron chi connectivity index (χ4n) is 3.13. The van der Waals surface area contributed by atoms with Gasteiger partial charge < -0.3 is 15.1 Å². The molecule has 1 aliphatic rings. The van der Waals surface area contributed by atoms with E-state index >= 15 is 0 Å². The van der Waals surface area contributed by atoms with E-state index in [1.54, 1.807) is 41.1 Å². The lowest BCUT2D eigenvalue weighted by Gasteiger charge is -2.32. The highest BCUT2D eigenvalue weighted by Gasteiger charge is 2.29. The molecule has 0 atom stereocenters. The molecular weight excluding hydrogens is 342 g/mol. The number of piperidine rings is 1. The highest BCUT2D eigenvalue weighted by atomic mass is 16.2. The Morgan fingerprint density at radius 2 is 1.70 bits per heavy atom. The molecule has 1 fully saturated rings. The van der Waals surface area contributed by atoms with Crippen LogP contribution in [0.4, 0.5) is 5.69 Å². The second-order valence-electron chi connectivity index (χ2n) is 7.95. The summed E-state index contributed by atoms with van der Waals surface area (Å²) in [7, 11) is 1.74. The third kappa shape index (κ3) is 5.42. The molecule has 1 N–H and O–H groups in total. The maximum absolute atomic E-state index is 12.8. The van der Waals surface area contributed by atoms with Crippen LogP contribution in [0.3, 0.4) is 0 Å². The molecule has 27 heavy (non-hydrogen) atoms. The van der Waals surface area contributed by atoms with Crippen LogP contribution in [-0.2, 0) is 9.59 Å². The zero-order valence-corrected chi connectivity index (χ0v) is 16.6. The Labute approximate surface area is 161 Å². The predicted molar refractivity (Wildman–Crippen MR) is 107 cm³/mol. The van der Waals surface area contributed by atoms with Crippen LogP contribution in [0.1, 0.15) is 44.0 Å². The molecule has 6 heteroatoms. The first-order chi connectivity index (χ1) is 12.6. The van der Waals surface area contributed by atoms with Gasteiger partial charge in [0.15, 0.2) is 0 Å². The summed E-state index contributed by atoms with van der Waals surface area (Å²) in [4.78, 5) is 40.0. The monoisotopic (exact) mass is 371 g/mol. The molecule has 0 aliphatic carbocycles. The van der Waals surface area contributed by atoms with E-state index in [0.29, 0.717) is 31.5 Å². The number of anilines is 1. The first kappa shape index (κ1) is 20.7. The summed E-state index contributed by atoms with van der Waals surface area (Å²) in [5, 5.41) is 2.92. The highest BCUT2D eigenvalue weighted by Crippen LogP contribution is 2.23. The Bertz CT molecular complexity index is 711. The van der Waals surface area contributed by atoms with Crippen molar-refractivity contribution in [2.45, 2.75) is 39.2 Å². The van der Waals surface area contributed by atoms with E-state index < -0.39 is 0 Å². The normalized spacial score (nSPS) is 15.2. The van der Waals surface area contributed by atoms with Crippen molar-refractivity contribution in [1.82, 2.24) is 10.2 Å². The fraction of sp³-hybridized carbons (Fsp3) is 0.476. The molecule has 1 aliphatic heterocycles. The molecule has 0 aromatic heterocycles. The van der Waals surface area contributed by atoms with Crippen LogP contribution < -0.4 is 10.2 Å². The summed E-state index contributed by atoms with van der Waals surface area (Å²) in [6.07, 6.45) is 2.61. The van der Waals surface area contributed by atoms with Crippen LogP contribution in [0.25, 0.3) is 0 Å². The van der Waals surface area contributed by atoms with Gasteiger partial charge in [-0.3, -0.25) is 14.4 Å². The van der Waals surface area contributed by atoms with E-state index in [0.717, 1.165) is 5.69 Å². The average Bonchev–Trinajstić information content (AvgIpc) is 2.65. The van der Waals surface area contributed by atoms with Crippen LogP contribution in [0.2, 0.25) is 0 Å². The van der Waals surface area contributed by atoms with Crippen molar-refractivity contribution in [3.8, 4) is 0 Å². The number of amides is 3. The van der Waals surface area contributed by atoms with Gasteiger partial charge in [0.2, 0.25) is 11.8 Å². The largest absolute Gasteiger partial charge is 0.347 e. The standard InChI is InChI=1S/C21H29N3O3/c1-6-18(25)24-13-11-16(12-14-24)20(27)23(5)17-9-7-15(8-10-17)19(26)22-21(2,3)4/h6-10,16H,1,11-14H2,2-5H3,(H,22,26). The Morgan fingerprint density at radius 1 is 1.15 bits per heavy atom. The molecule has 1 aromatic carbocycles. The van der Waals surface area contributed by atoms with Crippen LogP contribution in [0, 0.1) is 5.92 Å². The van der Waals surface area contributed by atoms with Crippen molar-refractivity contribution < 1.29 is 14.4 Å². The van der Waals surface area contributed by atoms with Crippen molar-refractivity contribution in [1.29, 1.82) is 0 Å². The van der Waals surface area contributed by atoms with E-state index in [9.17, 15) is 14.4 Å². The van der Waals surface area contributed by atoms with Gasteiger partial charge >= 0.3 is 0 Å². The summed E-state index contributed by atoms with van der Waals surface area (Å²) in [5.41, 5.74) is 1.01. The van der Waals surface area contributed by atoms with Crippen LogP contribution >= 0.6 is 0 Å². The lowest BCUT2D eigenvalue weighted by molar-refractivity contribution is -0.130. The van der Waals surface area contributed by atoms with Crippen molar-refractivity contribution in [3.63, 3.8) is 0 Å². The zero-order chi connectivity index (χ0) is 20.2. The Balaban J connectivity index is 1.98. The number of carbonyl (C=O) groups is 3. The summed E-state index contributed by atoms with van der Waals surface area (Å²) < 4.78 is 0. The molecule has 3 amide bonds. The van der Waals surface area contributed by atoms with Gasteiger partial charge in [-0.2, -0.15) is 0 Å². The first-order valence-corrected chi connectivity index (χ1v) is 9.24. The average molecular weight is 371 g/mol. The summed E-state index contributed by atoms with van der Waals surface area (Å²) in [6.45, 7) is 10.4. The second kappa shape index (κ2) is 8.37. The quantitative estimate of drug-likeness (QED) is 0.827. The van der Waals surface area contributed by atoms with Gasteiger partial charge in [0.05, 0.1) is 0 Å². The molecule has 146 valence electrons. The van der Waals surface area contributed by atoms with E-state index in [1.807, 2.05) is 20.8 Å². The minimum absolute atomic E-state index is 0.0348. The molecule has 1 heterocycles. The van der Waals surface area contributed by atoms with Gasteiger partial charge in [0.25, 0.3) is 5.91 Å². The Hall–Kier alpha value is -2.63. The molecular formula is C21H29N3O3. The number of nitrogens with zero attached hydrogens (tertiary/aromatic N) is 2. The minimum atomic E-state index is -0.301. The van der Waals surface area contributed by atoms with Crippen molar-refractivity contribution in [3.05, 3.63) is 42.5 Å². The number of carbonyl (C=O) groups excluding carboxylic acids is 3. The van der Waals surface area contributed by atoms with E-state index in [2.05, 4.69) is 11.9 Å². The smallest absolute Gasteiger partial charge is 0.251 e. The zero-order valence-electron chi connectivity index (χ0n) is 16.6. The lowest BCUT2D eigenvalue weighted by atomic mass is 9.95. The maximum Gasteiger partial charge on any atom is 0.251 e. The third-order valence-electron chi connectivity index (χ3n) is 4.67. The summed E-state index contributed by atoms with van der Waals surface area (Å²) in [5.74, 6) is -0.291. The number of hydrogen-bond donors (Lipinski definition) is 1. The SMILES string of the molecule is C=CC(=O)N1CCC(C(=O)N(C)c2ccc(C(=O)NC(C)(C)C)cc2)CC1. The van der Waals surface area contributed by atoms with Gasteiger partial charge in [-0.1, -0.05) is 6.58 Å². The van der Waals surface area contributed by atoms with Gasteiger partial charge in [-0.15, -0.1) is 0 Å². The Kier molecular flexibility index (Phi) is 6.41. The van der Waals surface area contributed by atoms with Gasteiger partial charge in [0, 0.05) is 42.8 Å². The molecule has 0 bridgehead atoms. The Morgan fingerprint density at radius 3 is 2.19 bits per heavy atom. The van der Waals surface area contributed by atoms with Crippen molar-refractivity contribution >= 4 is 23.4 Å². The minimum Gasteiger partial charge on any atom is -0.347 e. The van der Waals surface area contributed by atoms with E-state index in [4.69, 9.17) is 0 Å². The topological polar surface area (TPSA) is 69.7 Å². The van der Waals surface area contributed by atoms with E-state index in [-0.39, 0.29) is 29.2 Å². The number of hydrogen-bond acceptors (Lipinski definition) is 3. The molecule has 1 aromatic rings. The van der Waals surface area contributed by atoms with Gasteiger partial charge in [-0.05, 0) is 64.0 Å². The summed E-state index contributed by atoms with van der Waals surface area (Å²) in [6, 6.07) is 7.02. The third-order valence-corrected chi connectivity index (χ3v) is 4.67. The van der Waals surface area contributed by atoms with Crippen LogP contribution in [0.15, 0.2) is 36.9 Å². The van der Waals surface area contributed by atoms with Crippen molar-refractivity contribution in [2.75, 3.05) is 25.0 Å². The number of nitrogens with one attached hydrogen (secondary N) is 1. The van der Waals surface area contributed by atoms with Crippen LogP contribution in [0.5, 0.6) is 0 Å². The molecule has 1 saturated heterocycles.